The van der Waals surface area contributed by atoms with Gasteiger partial charge in [-0.1, -0.05) is 19.8 Å². The van der Waals surface area contributed by atoms with E-state index in [4.69, 9.17) is 9.15 Å². The third-order valence-electron chi connectivity index (χ3n) is 4.31. The first-order valence-corrected chi connectivity index (χ1v) is 9.50. The number of benzene rings is 1. The minimum atomic E-state index is -0.286. The lowest BCUT2D eigenvalue weighted by atomic mass is 9.81. The standard InChI is InChI=1S/C21H22O3S/c1-4-23-20(22)14-17-9-8-16(24-17)7-5-15-6-10-19-18(13-15)21(2,3)11-12-25-19/h6,8-10,13H,4,11-12,14H2,1-3H3. The molecular formula is C21H22O3S. The molecule has 0 aliphatic carbocycles. The van der Waals surface area contributed by atoms with E-state index in [-0.39, 0.29) is 17.8 Å². The van der Waals surface area contributed by atoms with Crippen molar-refractivity contribution in [3.8, 4) is 11.8 Å². The van der Waals surface area contributed by atoms with E-state index in [2.05, 4.69) is 43.9 Å². The Morgan fingerprint density at radius 2 is 2.12 bits per heavy atom. The lowest BCUT2D eigenvalue weighted by Crippen LogP contribution is -2.22. The fourth-order valence-corrected chi connectivity index (χ4v) is 4.33. The molecule has 0 saturated heterocycles. The van der Waals surface area contributed by atoms with Crippen LogP contribution in [-0.4, -0.2) is 18.3 Å². The lowest BCUT2D eigenvalue weighted by molar-refractivity contribution is -0.142. The van der Waals surface area contributed by atoms with Gasteiger partial charge in [0.05, 0.1) is 6.61 Å². The Balaban J connectivity index is 1.76. The van der Waals surface area contributed by atoms with Crippen LogP contribution in [0.25, 0.3) is 0 Å². The van der Waals surface area contributed by atoms with Gasteiger partial charge in [0.1, 0.15) is 12.2 Å². The normalized spacial score (nSPS) is 15.0. The number of furan rings is 1. The zero-order chi connectivity index (χ0) is 17.9. The van der Waals surface area contributed by atoms with Crippen LogP contribution in [0.3, 0.4) is 0 Å². The zero-order valence-corrected chi connectivity index (χ0v) is 15.7. The van der Waals surface area contributed by atoms with Crippen LogP contribution < -0.4 is 0 Å². The van der Waals surface area contributed by atoms with Crippen molar-refractivity contribution >= 4 is 17.7 Å². The van der Waals surface area contributed by atoms with Crippen molar-refractivity contribution in [3.05, 3.63) is 53.0 Å². The highest BCUT2D eigenvalue weighted by Crippen LogP contribution is 2.41. The maximum absolute atomic E-state index is 11.5. The minimum Gasteiger partial charge on any atom is -0.466 e. The number of carbonyl (C=O) groups excluding carboxylic acids is 1. The summed E-state index contributed by atoms with van der Waals surface area (Å²) in [6.07, 6.45) is 1.32. The molecule has 0 N–H and O–H groups in total. The van der Waals surface area contributed by atoms with Gasteiger partial charge in [-0.2, -0.15) is 0 Å². The Bertz CT molecular complexity index is 836. The topological polar surface area (TPSA) is 39.4 Å². The van der Waals surface area contributed by atoms with Crippen LogP contribution in [0.5, 0.6) is 0 Å². The van der Waals surface area contributed by atoms with Gasteiger partial charge in [0, 0.05) is 10.5 Å². The number of rotatable bonds is 3. The zero-order valence-electron chi connectivity index (χ0n) is 14.8. The molecule has 2 heterocycles. The summed E-state index contributed by atoms with van der Waals surface area (Å²) < 4.78 is 10.5. The second-order valence-corrected chi connectivity index (χ2v) is 7.83. The third kappa shape index (κ3) is 4.29. The quantitative estimate of drug-likeness (QED) is 0.598. The molecule has 0 atom stereocenters. The summed E-state index contributed by atoms with van der Waals surface area (Å²) in [5.74, 6) is 8.23. The van der Waals surface area contributed by atoms with E-state index < -0.39 is 0 Å². The third-order valence-corrected chi connectivity index (χ3v) is 5.38. The van der Waals surface area contributed by atoms with Crippen molar-refractivity contribution in [2.45, 2.75) is 43.9 Å². The first kappa shape index (κ1) is 17.7. The molecule has 4 heteroatoms. The van der Waals surface area contributed by atoms with Crippen LogP contribution in [0.1, 0.15) is 49.8 Å². The molecule has 0 unspecified atom stereocenters. The van der Waals surface area contributed by atoms with E-state index in [1.807, 2.05) is 11.8 Å². The molecule has 0 bridgehead atoms. The molecule has 25 heavy (non-hydrogen) atoms. The Morgan fingerprint density at radius 3 is 2.92 bits per heavy atom. The van der Waals surface area contributed by atoms with E-state index in [1.165, 1.54) is 22.6 Å². The van der Waals surface area contributed by atoms with Gasteiger partial charge in [0.15, 0.2) is 5.76 Å². The van der Waals surface area contributed by atoms with Crippen molar-refractivity contribution in [1.29, 1.82) is 0 Å². The van der Waals surface area contributed by atoms with Crippen LogP contribution in [-0.2, 0) is 21.4 Å². The number of thioether (sulfide) groups is 1. The summed E-state index contributed by atoms with van der Waals surface area (Å²) in [5, 5.41) is 0. The van der Waals surface area contributed by atoms with Gasteiger partial charge in [-0.15, -0.1) is 11.8 Å². The summed E-state index contributed by atoms with van der Waals surface area (Å²) in [6, 6.07) is 9.98. The van der Waals surface area contributed by atoms with Gasteiger partial charge in [-0.25, -0.2) is 0 Å². The highest BCUT2D eigenvalue weighted by molar-refractivity contribution is 7.99. The van der Waals surface area contributed by atoms with Crippen LogP contribution in [0.2, 0.25) is 0 Å². The lowest BCUT2D eigenvalue weighted by Gasteiger charge is -2.32. The van der Waals surface area contributed by atoms with Gasteiger partial charge in [0.25, 0.3) is 0 Å². The van der Waals surface area contributed by atoms with E-state index in [0.29, 0.717) is 18.1 Å². The number of ether oxygens (including phenoxy) is 1. The second kappa shape index (κ2) is 7.41. The minimum absolute atomic E-state index is 0.139. The van der Waals surface area contributed by atoms with Gasteiger partial charge >= 0.3 is 5.97 Å². The van der Waals surface area contributed by atoms with Crippen molar-refractivity contribution < 1.29 is 13.9 Å². The van der Waals surface area contributed by atoms with Crippen molar-refractivity contribution in [2.75, 3.05) is 12.4 Å². The monoisotopic (exact) mass is 354 g/mol. The Kier molecular flexibility index (Phi) is 5.24. The highest BCUT2D eigenvalue weighted by atomic mass is 32.2. The predicted molar refractivity (Wildman–Crippen MR) is 99.8 cm³/mol. The van der Waals surface area contributed by atoms with Crippen molar-refractivity contribution in [2.24, 2.45) is 0 Å². The average molecular weight is 354 g/mol. The molecule has 0 radical (unpaired) electrons. The summed E-state index contributed by atoms with van der Waals surface area (Å²) in [7, 11) is 0. The maximum Gasteiger partial charge on any atom is 0.313 e. The number of carbonyl (C=O) groups is 1. The van der Waals surface area contributed by atoms with Gasteiger partial charge in [-0.3, -0.25) is 4.79 Å². The molecule has 0 amide bonds. The first-order valence-electron chi connectivity index (χ1n) is 8.51. The first-order chi connectivity index (χ1) is 12.0. The van der Waals surface area contributed by atoms with Crippen LogP contribution in [0.15, 0.2) is 39.6 Å². The van der Waals surface area contributed by atoms with Crippen LogP contribution in [0, 0.1) is 11.8 Å². The SMILES string of the molecule is CCOC(=O)Cc1ccc(C#Cc2ccc3c(c2)C(C)(C)CCS3)o1. The van der Waals surface area contributed by atoms with Gasteiger partial charge in [0.2, 0.25) is 0 Å². The van der Waals surface area contributed by atoms with Crippen LogP contribution in [0.4, 0.5) is 0 Å². The van der Waals surface area contributed by atoms with Crippen LogP contribution >= 0.6 is 11.8 Å². The molecule has 1 aromatic carbocycles. The average Bonchev–Trinajstić information content (AvgIpc) is 3.00. The van der Waals surface area contributed by atoms with E-state index in [0.717, 1.165) is 5.56 Å². The van der Waals surface area contributed by atoms with E-state index >= 15 is 0 Å². The Hall–Kier alpha value is -2.12. The molecule has 0 fully saturated rings. The fraction of sp³-hybridized carbons (Fsp3) is 0.381. The second-order valence-electron chi connectivity index (χ2n) is 6.69. The smallest absolute Gasteiger partial charge is 0.313 e. The van der Waals surface area contributed by atoms with E-state index in [9.17, 15) is 4.79 Å². The Labute approximate surface area is 153 Å². The molecule has 1 aliphatic heterocycles. The molecule has 3 nitrogen and oxygen atoms in total. The van der Waals surface area contributed by atoms with Crippen molar-refractivity contribution in [1.82, 2.24) is 0 Å². The predicted octanol–water partition coefficient (Wildman–Crippen LogP) is 4.56. The largest absolute Gasteiger partial charge is 0.466 e. The number of esters is 1. The molecule has 0 spiro atoms. The van der Waals surface area contributed by atoms with E-state index in [1.54, 1.807) is 19.1 Å². The molecule has 0 saturated carbocycles. The molecule has 1 aliphatic rings. The van der Waals surface area contributed by atoms with Gasteiger partial charge < -0.3 is 9.15 Å². The molecule has 2 aromatic rings. The number of hydrogen-bond acceptors (Lipinski definition) is 4. The van der Waals surface area contributed by atoms with Crippen molar-refractivity contribution in [3.63, 3.8) is 0 Å². The molecular weight excluding hydrogens is 332 g/mol. The maximum atomic E-state index is 11.5. The highest BCUT2D eigenvalue weighted by Gasteiger charge is 2.27. The fourth-order valence-electron chi connectivity index (χ4n) is 2.84. The molecule has 1 aromatic heterocycles. The molecule has 3 rings (SSSR count). The summed E-state index contributed by atoms with van der Waals surface area (Å²) in [6.45, 7) is 6.74. The summed E-state index contributed by atoms with van der Waals surface area (Å²) >= 11 is 1.92. The number of fused-ring (bicyclic) bond motifs is 1. The molecule has 130 valence electrons. The Morgan fingerprint density at radius 1 is 1.28 bits per heavy atom. The van der Waals surface area contributed by atoms with Gasteiger partial charge in [-0.05, 0) is 66.3 Å². The number of hydrogen-bond donors (Lipinski definition) is 0. The summed E-state index contributed by atoms with van der Waals surface area (Å²) in [5.41, 5.74) is 2.55. The summed E-state index contributed by atoms with van der Waals surface area (Å²) in [4.78, 5) is 12.8.